The topological polar surface area (TPSA) is 88.2 Å². The largest absolute Gasteiger partial charge is 0.357 e. The molecule has 2 aromatic heterocycles. The van der Waals surface area contributed by atoms with Gasteiger partial charge in [-0.05, 0) is 38.1 Å². The van der Waals surface area contributed by atoms with E-state index in [1.54, 1.807) is 23.5 Å². The second kappa shape index (κ2) is 8.77. The fourth-order valence-electron chi connectivity index (χ4n) is 2.17. The first-order valence-electron chi connectivity index (χ1n) is 8.16. The molecule has 0 saturated carbocycles. The molecule has 0 aliphatic carbocycles. The third kappa shape index (κ3) is 5.03. The third-order valence-corrected chi connectivity index (χ3v) is 4.53. The van der Waals surface area contributed by atoms with Crippen LogP contribution < -0.4 is 10.6 Å². The smallest absolute Gasteiger partial charge is 0.248 e. The Morgan fingerprint density at radius 1 is 1.27 bits per heavy atom. The molecular weight excluding hydrogens is 372 g/mol. The molecule has 7 nitrogen and oxygen atoms in total. The van der Waals surface area contributed by atoms with Crippen LogP contribution in [-0.4, -0.2) is 27.6 Å². The minimum absolute atomic E-state index is 0.285. The van der Waals surface area contributed by atoms with Crippen LogP contribution in [0.1, 0.15) is 22.7 Å². The molecule has 0 saturated heterocycles. The summed E-state index contributed by atoms with van der Waals surface area (Å²) in [5.41, 5.74) is 0.845. The van der Waals surface area contributed by atoms with Crippen LogP contribution in [0.25, 0.3) is 11.4 Å². The Labute approximate surface area is 160 Å². The fraction of sp³-hybridized carbons (Fsp3) is 0.294. The summed E-state index contributed by atoms with van der Waals surface area (Å²) in [5.74, 6) is 1.63. The maximum absolute atomic E-state index is 5.89. The highest BCUT2D eigenvalue weighted by Gasteiger charge is 2.09. The van der Waals surface area contributed by atoms with E-state index in [9.17, 15) is 0 Å². The van der Waals surface area contributed by atoms with E-state index in [4.69, 9.17) is 16.1 Å². The van der Waals surface area contributed by atoms with E-state index in [2.05, 4.69) is 30.8 Å². The van der Waals surface area contributed by atoms with Gasteiger partial charge in [-0.1, -0.05) is 16.8 Å². The average molecular weight is 391 g/mol. The zero-order chi connectivity index (χ0) is 18.4. The highest BCUT2D eigenvalue weighted by atomic mass is 35.5. The highest BCUT2D eigenvalue weighted by molar-refractivity contribution is 7.11. The SMILES string of the molecule is CCNC(=NCc1nc(-c2ccc(Cl)cc2)no1)NCc1ncc(C)s1. The average Bonchev–Trinajstić information content (AvgIpc) is 3.27. The van der Waals surface area contributed by atoms with Crippen LogP contribution in [0.4, 0.5) is 0 Å². The summed E-state index contributed by atoms with van der Waals surface area (Å²) < 4.78 is 5.28. The van der Waals surface area contributed by atoms with Gasteiger partial charge in [-0.15, -0.1) is 11.3 Å². The lowest BCUT2D eigenvalue weighted by molar-refractivity contribution is 0.380. The number of halogens is 1. The number of benzene rings is 1. The van der Waals surface area contributed by atoms with Crippen molar-refractivity contribution >= 4 is 28.9 Å². The van der Waals surface area contributed by atoms with Crippen molar-refractivity contribution in [3.8, 4) is 11.4 Å². The molecule has 0 atom stereocenters. The van der Waals surface area contributed by atoms with Crippen LogP contribution in [-0.2, 0) is 13.1 Å². The van der Waals surface area contributed by atoms with Gasteiger partial charge < -0.3 is 15.2 Å². The van der Waals surface area contributed by atoms with Crippen molar-refractivity contribution in [3.63, 3.8) is 0 Å². The maximum atomic E-state index is 5.89. The van der Waals surface area contributed by atoms with Crippen molar-refractivity contribution in [2.24, 2.45) is 4.99 Å². The number of nitrogens with one attached hydrogen (secondary N) is 2. The molecule has 0 bridgehead atoms. The van der Waals surface area contributed by atoms with Gasteiger partial charge in [-0.3, -0.25) is 0 Å². The Morgan fingerprint density at radius 3 is 2.77 bits per heavy atom. The third-order valence-electron chi connectivity index (χ3n) is 3.36. The number of thiazole rings is 1. The minimum atomic E-state index is 0.285. The van der Waals surface area contributed by atoms with Crippen molar-refractivity contribution in [2.45, 2.75) is 26.9 Å². The normalized spacial score (nSPS) is 11.6. The Morgan fingerprint density at radius 2 is 2.08 bits per heavy atom. The summed E-state index contributed by atoms with van der Waals surface area (Å²) in [6, 6.07) is 7.28. The summed E-state index contributed by atoms with van der Waals surface area (Å²) in [5, 5.41) is 12.1. The molecule has 0 radical (unpaired) electrons. The van der Waals surface area contributed by atoms with Crippen LogP contribution in [0.2, 0.25) is 5.02 Å². The van der Waals surface area contributed by atoms with Gasteiger partial charge in [-0.2, -0.15) is 4.98 Å². The number of aromatic nitrogens is 3. The van der Waals surface area contributed by atoms with Crippen LogP contribution in [0, 0.1) is 6.92 Å². The molecule has 0 aliphatic rings. The van der Waals surface area contributed by atoms with Gasteiger partial charge in [-0.25, -0.2) is 9.98 Å². The van der Waals surface area contributed by atoms with Crippen molar-refractivity contribution in [2.75, 3.05) is 6.54 Å². The Kier molecular flexibility index (Phi) is 6.19. The summed E-state index contributed by atoms with van der Waals surface area (Å²) in [6.07, 6.45) is 1.86. The van der Waals surface area contributed by atoms with E-state index in [1.807, 2.05) is 32.2 Å². The van der Waals surface area contributed by atoms with Gasteiger partial charge in [0.05, 0.1) is 6.54 Å². The van der Waals surface area contributed by atoms with Gasteiger partial charge in [0.2, 0.25) is 11.7 Å². The fourth-order valence-corrected chi connectivity index (χ4v) is 3.02. The van der Waals surface area contributed by atoms with Gasteiger partial charge in [0.25, 0.3) is 0 Å². The van der Waals surface area contributed by atoms with E-state index >= 15 is 0 Å². The molecule has 1 aromatic carbocycles. The van der Waals surface area contributed by atoms with Crippen molar-refractivity contribution in [1.82, 2.24) is 25.8 Å². The van der Waals surface area contributed by atoms with Crippen molar-refractivity contribution < 1.29 is 4.52 Å². The number of hydrogen-bond donors (Lipinski definition) is 2. The molecule has 136 valence electrons. The Balaban J connectivity index is 1.62. The van der Waals surface area contributed by atoms with Gasteiger partial charge in [0.15, 0.2) is 5.96 Å². The number of aliphatic imine (C=N–C) groups is 1. The van der Waals surface area contributed by atoms with E-state index in [0.29, 0.717) is 29.2 Å². The molecule has 0 amide bonds. The number of guanidine groups is 1. The summed E-state index contributed by atoms with van der Waals surface area (Å²) >= 11 is 7.55. The molecule has 2 N–H and O–H groups in total. The molecule has 0 unspecified atom stereocenters. The molecular formula is C17H19ClN6OS. The number of hydrogen-bond acceptors (Lipinski definition) is 6. The number of rotatable bonds is 6. The lowest BCUT2D eigenvalue weighted by Gasteiger charge is -2.09. The van der Waals surface area contributed by atoms with Crippen LogP contribution in [0.5, 0.6) is 0 Å². The molecule has 0 fully saturated rings. The lowest BCUT2D eigenvalue weighted by atomic mass is 10.2. The Hall–Kier alpha value is -2.45. The monoisotopic (exact) mass is 390 g/mol. The van der Waals surface area contributed by atoms with Gasteiger partial charge >= 0.3 is 0 Å². The zero-order valence-corrected chi connectivity index (χ0v) is 16.1. The number of aryl methyl sites for hydroxylation is 1. The highest BCUT2D eigenvalue weighted by Crippen LogP contribution is 2.18. The standard InChI is InChI=1S/C17H19ClN6OS/c1-3-19-17(22-10-15-20-8-11(2)26-15)21-9-14-23-16(24-25-14)12-4-6-13(18)7-5-12/h4-8H,3,9-10H2,1-2H3,(H2,19,21,22). The first kappa shape index (κ1) is 18.3. The van der Waals surface area contributed by atoms with Crippen LogP contribution >= 0.6 is 22.9 Å². The van der Waals surface area contributed by atoms with E-state index in [0.717, 1.165) is 17.1 Å². The first-order chi connectivity index (χ1) is 12.6. The first-order valence-corrected chi connectivity index (χ1v) is 9.35. The molecule has 2 heterocycles. The maximum Gasteiger partial charge on any atom is 0.248 e. The summed E-state index contributed by atoms with van der Waals surface area (Å²) in [7, 11) is 0. The Bertz CT molecular complexity index is 874. The van der Waals surface area contributed by atoms with E-state index < -0.39 is 0 Å². The van der Waals surface area contributed by atoms with Crippen LogP contribution in [0.15, 0.2) is 40.0 Å². The predicted molar refractivity (Wildman–Crippen MR) is 103 cm³/mol. The van der Waals surface area contributed by atoms with Gasteiger partial charge in [0.1, 0.15) is 11.6 Å². The quantitative estimate of drug-likeness (QED) is 0.495. The molecule has 0 spiro atoms. The summed E-state index contributed by atoms with van der Waals surface area (Å²) in [4.78, 5) is 14.4. The number of nitrogens with zero attached hydrogens (tertiary/aromatic N) is 4. The minimum Gasteiger partial charge on any atom is -0.357 e. The van der Waals surface area contributed by atoms with Gasteiger partial charge in [0, 0.05) is 28.2 Å². The van der Waals surface area contributed by atoms with E-state index in [-0.39, 0.29) is 6.54 Å². The second-order valence-electron chi connectivity index (χ2n) is 5.43. The summed E-state index contributed by atoms with van der Waals surface area (Å²) in [6.45, 7) is 5.70. The van der Waals surface area contributed by atoms with Crippen molar-refractivity contribution in [1.29, 1.82) is 0 Å². The molecule has 3 aromatic rings. The second-order valence-corrected chi connectivity index (χ2v) is 7.19. The molecule has 9 heteroatoms. The van der Waals surface area contributed by atoms with Crippen LogP contribution in [0.3, 0.4) is 0 Å². The molecule has 0 aliphatic heterocycles. The zero-order valence-electron chi connectivity index (χ0n) is 14.5. The van der Waals surface area contributed by atoms with Crippen molar-refractivity contribution in [3.05, 3.63) is 51.3 Å². The van der Waals surface area contributed by atoms with E-state index in [1.165, 1.54) is 4.88 Å². The predicted octanol–water partition coefficient (Wildman–Crippen LogP) is 3.41. The molecule has 3 rings (SSSR count). The lowest BCUT2D eigenvalue weighted by Crippen LogP contribution is -2.36. The molecule has 26 heavy (non-hydrogen) atoms.